The van der Waals surface area contributed by atoms with Crippen molar-refractivity contribution in [2.45, 2.75) is 38.5 Å². The number of likely N-dealkylation sites (tertiary alicyclic amines) is 2. The van der Waals surface area contributed by atoms with Crippen molar-refractivity contribution in [1.29, 1.82) is 0 Å². The van der Waals surface area contributed by atoms with E-state index >= 15 is 0 Å². The number of nitrogens with zero attached hydrogens (tertiary/aromatic N) is 8. The summed E-state index contributed by atoms with van der Waals surface area (Å²) >= 11 is 0. The molecule has 2 rings (SSSR count). The zero-order valence-corrected chi connectivity index (χ0v) is 18.3. The first-order chi connectivity index (χ1) is 14.2. The van der Waals surface area contributed by atoms with Crippen molar-refractivity contribution >= 4 is 24.1 Å². The van der Waals surface area contributed by atoms with Crippen LogP contribution in [0.1, 0.15) is 38.5 Å². The highest BCUT2D eigenvalue weighted by Crippen LogP contribution is 2.12. The van der Waals surface area contributed by atoms with Gasteiger partial charge in [-0.05, 0) is 38.5 Å². The van der Waals surface area contributed by atoms with E-state index in [1.807, 2.05) is 0 Å². The molecule has 0 N–H and O–H groups in total. The van der Waals surface area contributed by atoms with Crippen molar-refractivity contribution in [3.8, 4) is 0 Å². The van der Waals surface area contributed by atoms with E-state index in [9.17, 15) is 19.2 Å². The lowest BCUT2D eigenvalue weighted by Crippen LogP contribution is -2.35. The molecule has 168 valence electrons. The standard InChI is InChI=1S/C12H20N4O2.C6H12N4O2/c17-11(15-7-3-1-4-8-15)13-14-12(18)16-9-5-2-6-10-16;1-9(2)5(11)7-8-6(12)10(3)4/h1-10H2;1-4H3. The second-order valence-electron chi connectivity index (χ2n) is 7.41. The second-order valence-corrected chi connectivity index (χ2v) is 7.41. The maximum Gasteiger partial charge on any atom is 0.362 e. The van der Waals surface area contributed by atoms with Gasteiger partial charge in [0.15, 0.2) is 0 Å². The Morgan fingerprint density at radius 3 is 1.10 bits per heavy atom. The molecular formula is C18H32N8O4. The van der Waals surface area contributed by atoms with Crippen LogP contribution in [0.3, 0.4) is 0 Å². The molecule has 0 unspecified atom stereocenters. The largest absolute Gasteiger partial charge is 0.362 e. The van der Waals surface area contributed by atoms with Gasteiger partial charge in [-0.15, -0.1) is 0 Å². The highest BCUT2D eigenvalue weighted by atomic mass is 16.2. The summed E-state index contributed by atoms with van der Waals surface area (Å²) in [6, 6.07) is -1.85. The van der Waals surface area contributed by atoms with Crippen molar-refractivity contribution in [2.75, 3.05) is 54.4 Å². The van der Waals surface area contributed by atoms with E-state index in [0.717, 1.165) is 64.7 Å². The third kappa shape index (κ3) is 9.52. The first-order valence-electron chi connectivity index (χ1n) is 10.1. The first-order valence-corrected chi connectivity index (χ1v) is 10.1. The van der Waals surface area contributed by atoms with Gasteiger partial charge in [-0.3, -0.25) is 0 Å². The van der Waals surface area contributed by atoms with Crippen LogP contribution in [0.2, 0.25) is 0 Å². The Kier molecular flexibility index (Phi) is 11.2. The van der Waals surface area contributed by atoms with Crippen molar-refractivity contribution in [2.24, 2.45) is 20.5 Å². The van der Waals surface area contributed by atoms with E-state index in [1.54, 1.807) is 9.80 Å². The summed E-state index contributed by atoms with van der Waals surface area (Å²) in [5.74, 6) is 0. The second kappa shape index (κ2) is 13.3. The lowest BCUT2D eigenvalue weighted by atomic mass is 10.1. The highest BCUT2D eigenvalue weighted by Gasteiger charge is 2.18. The fourth-order valence-corrected chi connectivity index (χ4v) is 2.65. The maximum absolute atomic E-state index is 11.7. The van der Waals surface area contributed by atoms with Gasteiger partial charge in [0, 0.05) is 54.4 Å². The molecule has 2 aliphatic heterocycles. The normalized spacial score (nSPS) is 16.8. The topological polar surface area (TPSA) is 131 Å². The number of carbonyl (C=O) groups is 4. The third-order valence-electron chi connectivity index (χ3n) is 4.46. The molecule has 0 aromatic heterocycles. The molecule has 0 saturated carbocycles. The smallest absolute Gasteiger partial charge is 0.328 e. The molecule has 8 amide bonds. The van der Waals surface area contributed by atoms with E-state index in [4.69, 9.17) is 0 Å². The van der Waals surface area contributed by atoms with Crippen molar-refractivity contribution in [1.82, 2.24) is 19.6 Å². The van der Waals surface area contributed by atoms with E-state index in [1.165, 1.54) is 38.0 Å². The van der Waals surface area contributed by atoms with E-state index in [0.29, 0.717) is 0 Å². The van der Waals surface area contributed by atoms with Crippen molar-refractivity contribution < 1.29 is 19.2 Å². The van der Waals surface area contributed by atoms with Gasteiger partial charge in [0.2, 0.25) is 0 Å². The maximum atomic E-state index is 11.7. The number of hydrogen-bond donors (Lipinski definition) is 0. The molecule has 12 nitrogen and oxygen atoms in total. The van der Waals surface area contributed by atoms with Gasteiger partial charge < -0.3 is 19.6 Å². The predicted molar refractivity (Wildman–Crippen MR) is 110 cm³/mol. The van der Waals surface area contributed by atoms with Crippen LogP contribution >= 0.6 is 0 Å². The van der Waals surface area contributed by atoms with Gasteiger partial charge in [-0.25, -0.2) is 19.2 Å². The number of urea groups is 4. The molecule has 30 heavy (non-hydrogen) atoms. The molecule has 0 bridgehead atoms. The average Bonchev–Trinajstić information content (AvgIpc) is 2.76. The van der Waals surface area contributed by atoms with Gasteiger partial charge in [0.25, 0.3) is 0 Å². The fourth-order valence-electron chi connectivity index (χ4n) is 2.65. The minimum Gasteiger partial charge on any atom is -0.328 e. The van der Waals surface area contributed by atoms with Crippen LogP contribution < -0.4 is 0 Å². The van der Waals surface area contributed by atoms with Crippen molar-refractivity contribution in [3.63, 3.8) is 0 Å². The Morgan fingerprint density at radius 2 is 0.833 bits per heavy atom. The molecule has 2 aliphatic rings. The number of azo groups is 2. The predicted octanol–water partition coefficient (Wildman–Crippen LogP) is 3.45. The van der Waals surface area contributed by atoms with Gasteiger partial charge in [-0.1, -0.05) is 20.5 Å². The number of piperidine rings is 2. The Morgan fingerprint density at radius 1 is 0.533 bits per heavy atom. The summed E-state index contributed by atoms with van der Waals surface area (Å²) in [7, 11) is 6.12. The molecule has 0 radical (unpaired) electrons. The monoisotopic (exact) mass is 424 g/mol. The van der Waals surface area contributed by atoms with Crippen LogP contribution in [-0.2, 0) is 0 Å². The van der Waals surface area contributed by atoms with Gasteiger partial charge in [0.1, 0.15) is 0 Å². The highest BCUT2D eigenvalue weighted by molar-refractivity contribution is 5.80. The molecule has 0 aromatic rings. The number of rotatable bonds is 0. The van der Waals surface area contributed by atoms with Crippen LogP contribution in [0.5, 0.6) is 0 Å². The summed E-state index contributed by atoms with van der Waals surface area (Å²) in [5.41, 5.74) is 0. The van der Waals surface area contributed by atoms with Crippen LogP contribution in [0, 0.1) is 0 Å². The molecule has 0 atom stereocenters. The lowest BCUT2D eigenvalue weighted by molar-refractivity contribution is 0.187. The molecule has 2 heterocycles. The minimum absolute atomic E-state index is 0.375. The Labute approximate surface area is 177 Å². The van der Waals surface area contributed by atoms with E-state index < -0.39 is 12.1 Å². The SMILES string of the molecule is CN(C)C(=O)N=NC(=O)N(C)C.O=C(N=NC(=O)N1CCCCC1)N1CCCCC1. The van der Waals surface area contributed by atoms with Gasteiger partial charge in [-0.2, -0.15) is 0 Å². The summed E-state index contributed by atoms with van der Waals surface area (Å²) in [6.07, 6.45) is 6.38. The van der Waals surface area contributed by atoms with Gasteiger partial charge in [0.05, 0.1) is 0 Å². The summed E-state index contributed by atoms with van der Waals surface area (Å²) in [4.78, 5) is 50.7. The molecule has 2 fully saturated rings. The number of carbonyl (C=O) groups excluding carboxylic acids is 4. The molecule has 12 heteroatoms. The number of hydrogen-bond acceptors (Lipinski definition) is 4. The Hall–Kier alpha value is -2.92. The zero-order valence-electron chi connectivity index (χ0n) is 18.3. The lowest BCUT2D eigenvalue weighted by Gasteiger charge is -2.25. The van der Waals surface area contributed by atoms with Crippen LogP contribution in [0.15, 0.2) is 20.5 Å². The van der Waals surface area contributed by atoms with E-state index in [-0.39, 0.29) is 12.1 Å². The first kappa shape index (κ1) is 25.1. The fraction of sp³-hybridized carbons (Fsp3) is 0.778. The van der Waals surface area contributed by atoms with Crippen LogP contribution in [0.4, 0.5) is 19.2 Å². The Bertz CT molecular complexity index is 597. The van der Waals surface area contributed by atoms with Gasteiger partial charge >= 0.3 is 24.1 Å². The number of amides is 8. The summed E-state index contributed by atoms with van der Waals surface area (Å²) < 4.78 is 0. The molecule has 0 aromatic carbocycles. The molecule has 0 aliphatic carbocycles. The average molecular weight is 425 g/mol. The van der Waals surface area contributed by atoms with E-state index in [2.05, 4.69) is 20.5 Å². The molecule has 0 spiro atoms. The van der Waals surface area contributed by atoms with Crippen LogP contribution in [-0.4, -0.2) is 98.1 Å². The van der Waals surface area contributed by atoms with Crippen molar-refractivity contribution in [3.05, 3.63) is 0 Å². The zero-order chi connectivity index (χ0) is 22.5. The minimum atomic E-state index is -0.551. The molecule has 2 saturated heterocycles. The summed E-state index contributed by atoms with van der Waals surface area (Å²) in [6.45, 7) is 2.93. The van der Waals surface area contributed by atoms with Crippen LogP contribution in [0.25, 0.3) is 0 Å². The Balaban J connectivity index is 0.000000329. The quantitative estimate of drug-likeness (QED) is 0.551. The molecular weight excluding hydrogens is 392 g/mol. The third-order valence-corrected chi connectivity index (χ3v) is 4.46. The summed E-state index contributed by atoms with van der Waals surface area (Å²) in [5, 5.41) is 13.4.